The minimum absolute atomic E-state index is 0.214. The molecule has 2 rings (SSSR count). The van der Waals surface area contributed by atoms with Gasteiger partial charge in [0.15, 0.2) is 0 Å². The maximum Gasteiger partial charge on any atom is 0.267 e. The van der Waals surface area contributed by atoms with Crippen LogP contribution in [0.2, 0.25) is 0 Å². The number of nitrogens with two attached hydrogens (primary N) is 1. The minimum atomic E-state index is -0.570. The number of rotatable bonds is 5. The Morgan fingerprint density at radius 1 is 1.67 bits per heavy atom. The number of carbonyl (C=O) groups is 1. The fraction of sp³-hybridized carbons (Fsp3) is 0.500. The molecule has 1 saturated carbocycles. The lowest BCUT2D eigenvalue weighted by Crippen LogP contribution is -2.44. The third-order valence-electron chi connectivity index (χ3n) is 3.15. The Morgan fingerprint density at radius 3 is 2.94 bits per heavy atom. The van der Waals surface area contributed by atoms with E-state index < -0.39 is 5.91 Å². The van der Waals surface area contributed by atoms with Crippen molar-refractivity contribution < 1.29 is 14.6 Å². The summed E-state index contributed by atoms with van der Waals surface area (Å²) >= 11 is 0. The van der Waals surface area contributed by atoms with Crippen LogP contribution in [0, 0.1) is 0 Å². The molecule has 98 valence electrons. The first-order valence-electron chi connectivity index (χ1n) is 5.85. The second-order valence-electron chi connectivity index (χ2n) is 4.41. The molecule has 0 atom stereocenters. The number of ether oxygens (including phenoxy) is 1. The minimum Gasteiger partial charge on any atom is -0.496 e. The number of hydrogen-bond donors (Lipinski definition) is 3. The third-order valence-corrected chi connectivity index (χ3v) is 3.15. The standard InChI is InChI=1S/C12H17N3O3/c1-18-10-2-3-14-11(12(13)17)9(10)6-15-7-4-8(16)5-7/h2-3,7-8,15-16H,4-6H2,1H3,(H2,13,17). The van der Waals surface area contributed by atoms with E-state index in [1.807, 2.05) is 0 Å². The number of amides is 1. The molecule has 0 saturated heterocycles. The molecule has 6 heteroatoms. The van der Waals surface area contributed by atoms with Crippen LogP contribution in [0.3, 0.4) is 0 Å². The highest BCUT2D eigenvalue weighted by molar-refractivity contribution is 5.92. The van der Waals surface area contributed by atoms with E-state index in [2.05, 4.69) is 10.3 Å². The van der Waals surface area contributed by atoms with Gasteiger partial charge < -0.3 is 20.9 Å². The van der Waals surface area contributed by atoms with Gasteiger partial charge in [-0.3, -0.25) is 9.78 Å². The van der Waals surface area contributed by atoms with Crippen molar-refractivity contribution in [1.82, 2.24) is 10.3 Å². The lowest BCUT2D eigenvalue weighted by atomic mass is 9.89. The van der Waals surface area contributed by atoms with E-state index in [4.69, 9.17) is 10.5 Å². The zero-order chi connectivity index (χ0) is 13.1. The zero-order valence-corrected chi connectivity index (χ0v) is 10.2. The van der Waals surface area contributed by atoms with Crippen molar-refractivity contribution in [1.29, 1.82) is 0 Å². The molecule has 0 aromatic carbocycles. The maximum atomic E-state index is 11.3. The van der Waals surface area contributed by atoms with Crippen molar-refractivity contribution in [3.8, 4) is 5.75 Å². The van der Waals surface area contributed by atoms with E-state index in [-0.39, 0.29) is 17.8 Å². The van der Waals surface area contributed by atoms with E-state index >= 15 is 0 Å². The predicted octanol–water partition coefficient (Wildman–Crippen LogP) is -0.198. The van der Waals surface area contributed by atoms with E-state index in [1.54, 1.807) is 6.07 Å². The largest absolute Gasteiger partial charge is 0.496 e. The summed E-state index contributed by atoms with van der Waals surface area (Å²) in [4.78, 5) is 15.3. The van der Waals surface area contributed by atoms with Gasteiger partial charge in [0.1, 0.15) is 11.4 Å². The number of nitrogens with zero attached hydrogens (tertiary/aromatic N) is 1. The molecule has 1 amide bonds. The lowest BCUT2D eigenvalue weighted by Gasteiger charge is -2.32. The number of aliphatic hydroxyl groups excluding tert-OH is 1. The highest BCUT2D eigenvalue weighted by Crippen LogP contribution is 2.23. The Morgan fingerprint density at radius 2 is 2.39 bits per heavy atom. The zero-order valence-electron chi connectivity index (χ0n) is 10.2. The van der Waals surface area contributed by atoms with Gasteiger partial charge in [-0.05, 0) is 18.9 Å². The SMILES string of the molecule is COc1ccnc(C(N)=O)c1CNC1CC(O)C1. The first-order valence-corrected chi connectivity index (χ1v) is 5.85. The summed E-state index contributed by atoms with van der Waals surface area (Å²) in [6, 6.07) is 1.96. The van der Waals surface area contributed by atoms with E-state index in [1.165, 1.54) is 13.3 Å². The van der Waals surface area contributed by atoms with Gasteiger partial charge >= 0.3 is 0 Å². The van der Waals surface area contributed by atoms with Gasteiger partial charge in [-0.1, -0.05) is 0 Å². The van der Waals surface area contributed by atoms with Gasteiger partial charge in [-0.25, -0.2) is 0 Å². The molecular weight excluding hydrogens is 234 g/mol. The van der Waals surface area contributed by atoms with Crippen LogP contribution in [0.5, 0.6) is 5.75 Å². The topological polar surface area (TPSA) is 97.5 Å². The number of pyridine rings is 1. The highest BCUT2D eigenvalue weighted by atomic mass is 16.5. The first kappa shape index (κ1) is 12.8. The molecule has 0 radical (unpaired) electrons. The number of hydrogen-bond acceptors (Lipinski definition) is 5. The second kappa shape index (κ2) is 5.32. The van der Waals surface area contributed by atoms with E-state index in [0.717, 1.165) is 12.8 Å². The van der Waals surface area contributed by atoms with Crippen LogP contribution in [0.15, 0.2) is 12.3 Å². The normalized spacial score (nSPS) is 22.3. The summed E-state index contributed by atoms with van der Waals surface area (Å²) in [5.41, 5.74) is 6.17. The summed E-state index contributed by atoms with van der Waals surface area (Å²) in [5, 5.41) is 12.5. The van der Waals surface area contributed by atoms with Crippen molar-refractivity contribution in [2.24, 2.45) is 5.73 Å². The molecule has 6 nitrogen and oxygen atoms in total. The van der Waals surface area contributed by atoms with Gasteiger partial charge in [0.2, 0.25) is 0 Å². The monoisotopic (exact) mass is 251 g/mol. The molecule has 0 unspecified atom stereocenters. The highest BCUT2D eigenvalue weighted by Gasteiger charge is 2.27. The van der Waals surface area contributed by atoms with Gasteiger partial charge in [-0.2, -0.15) is 0 Å². The van der Waals surface area contributed by atoms with Crippen LogP contribution in [-0.4, -0.2) is 35.3 Å². The van der Waals surface area contributed by atoms with Crippen molar-refractivity contribution in [2.45, 2.75) is 31.5 Å². The summed E-state index contributed by atoms with van der Waals surface area (Å²) < 4.78 is 5.20. The number of nitrogens with one attached hydrogen (secondary N) is 1. The number of aromatic nitrogens is 1. The van der Waals surface area contributed by atoms with Gasteiger partial charge in [0, 0.05) is 24.3 Å². The molecule has 18 heavy (non-hydrogen) atoms. The fourth-order valence-corrected chi connectivity index (χ4v) is 2.05. The molecule has 0 spiro atoms. The Kier molecular flexibility index (Phi) is 3.78. The Balaban J connectivity index is 2.11. The van der Waals surface area contributed by atoms with E-state index in [0.29, 0.717) is 17.9 Å². The molecule has 4 N–H and O–H groups in total. The van der Waals surface area contributed by atoms with Crippen LogP contribution in [0.4, 0.5) is 0 Å². The summed E-state index contributed by atoms with van der Waals surface area (Å²) in [5.74, 6) is 0.0190. The van der Waals surface area contributed by atoms with Crippen molar-refractivity contribution in [3.05, 3.63) is 23.5 Å². The second-order valence-corrected chi connectivity index (χ2v) is 4.41. The Bertz CT molecular complexity index is 444. The number of primary amides is 1. The van der Waals surface area contributed by atoms with Gasteiger partial charge in [0.05, 0.1) is 13.2 Å². The fourth-order valence-electron chi connectivity index (χ4n) is 2.05. The Labute approximate surface area is 105 Å². The molecule has 0 aliphatic heterocycles. The molecule has 1 aliphatic rings. The molecule has 1 fully saturated rings. The summed E-state index contributed by atoms with van der Waals surface area (Å²) in [6.45, 7) is 0.451. The molecule has 1 aromatic heterocycles. The molecule has 1 heterocycles. The van der Waals surface area contributed by atoms with Gasteiger partial charge in [0.25, 0.3) is 5.91 Å². The average Bonchev–Trinajstić information content (AvgIpc) is 2.32. The average molecular weight is 251 g/mol. The quantitative estimate of drug-likeness (QED) is 0.673. The number of aliphatic hydroxyl groups is 1. The third kappa shape index (κ3) is 2.60. The summed E-state index contributed by atoms with van der Waals surface area (Å²) in [6.07, 6.45) is 2.74. The Hall–Kier alpha value is -1.66. The van der Waals surface area contributed by atoms with Crippen LogP contribution in [0.25, 0.3) is 0 Å². The van der Waals surface area contributed by atoms with Crippen LogP contribution in [0.1, 0.15) is 28.9 Å². The van der Waals surface area contributed by atoms with Crippen LogP contribution in [-0.2, 0) is 6.54 Å². The molecule has 1 aliphatic carbocycles. The van der Waals surface area contributed by atoms with E-state index in [9.17, 15) is 9.90 Å². The summed E-state index contributed by atoms with van der Waals surface area (Å²) in [7, 11) is 1.54. The smallest absolute Gasteiger partial charge is 0.267 e. The first-order chi connectivity index (χ1) is 8.61. The molecule has 1 aromatic rings. The molecular formula is C12H17N3O3. The lowest BCUT2D eigenvalue weighted by molar-refractivity contribution is 0.0617. The van der Waals surface area contributed by atoms with Crippen molar-refractivity contribution in [2.75, 3.05) is 7.11 Å². The van der Waals surface area contributed by atoms with Crippen LogP contribution >= 0.6 is 0 Å². The number of carbonyl (C=O) groups excluding carboxylic acids is 1. The van der Waals surface area contributed by atoms with Crippen molar-refractivity contribution >= 4 is 5.91 Å². The van der Waals surface area contributed by atoms with Crippen LogP contribution < -0.4 is 15.8 Å². The predicted molar refractivity (Wildman–Crippen MR) is 65.2 cm³/mol. The maximum absolute atomic E-state index is 11.3. The number of methoxy groups -OCH3 is 1. The van der Waals surface area contributed by atoms with Crippen molar-refractivity contribution in [3.63, 3.8) is 0 Å². The van der Waals surface area contributed by atoms with Gasteiger partial charge in [-0.15, -0.1) is 0 Å². The molecule has 0 bridgehead atoms.